The summed E-state index contributed by atoms with van der Waals surface area (Å²) in [7, 11) is 0. The normalized spacial score (nSPS) is 24.1. The van der Waals surface area contributed by atoms with Crippen molar-refractivity contribution < 1.29 is 4.79 Å². The maximum Gasteiger partial charge on any atom is 0.242 e. The number of benzene rings is 1. The van der Waals surface area contributed by atoms with Crippen molar-refractivity contribution in [3.63, 3.8) is 0 Å². The third kappa shape index (κ3) is 4.01. The van der Waals surface area contributed by atoms with Crippen LogP contribution in [0.3, 0.4) is 0 Å². The molecule has 1 unspecified atom stereocenters. The van der Waals surface area contributed by atoms with E-state index in [9.17, 15) is 4.79 Å². The number of piperidine rings is 2. The number of likely N-dealkylation sites (tertiary alicyclic amines) is 2. The maximum absolute atomic E-state index is 12.8. The highest BCUT2D eigenvalue weighted by atomic mass is 16.2. The second kappa shape index (κ2) is 7.67. The summed E-state index contributed by atoms with van der Waals surface area (Å²) in [6.07, 6.45) is 8.83. The summed E-state index contributed by atoms with van der Waals surface area (Å²) in [4.78, 5) is 17.5. The molecular weight excluding hydrogens is 322 g/mol. The van der Waals surface area contributed by atoms with Crippen molar-refractivity contribution in [3.8, 4) is 0 Å². The van der Waals surface area contributed by atoms with Gasteiger partial charge < -0.3 is 9.47 Å². The second-order valence-corrected chi connectivity index (χ2v) is 8.07. The molecular formula is C22H29N3O. The molecule has 2 fully saturated rings. The number of hydrogen-bond acceptors (Lipinski definition) is 2. The zero-order valence-electron chi connectivity index (χ0n) is 15.5. The standard InChI is InChI=1S/C22H29N3O/c26-21(17-23-12-4-5-13-23)25-15-7-11-22(19-25)10-6-14-24(18-22)16-20-8-2-1-3-9-20/h1-5,8-9,12-13H,6-7,10-11,14-19H2. The summed E-state index contributed by atoms with van der Waals surface area (Å²) in [6.45, 7) is 5.64. The topological polar surface area (TPSA) is 28.5 Å². The Bertz CT molecular complexity index is 708. The molecule has 4 rings (SSSR count). The van der Waals surface area contributed by atoms with Crippen LogP contribution in [0, 0.1) is 5.41 Å². The van der Waals surface area contributed by atoms with Crippen molar-refractivity contribution in [2.24, 2.45) is 5.41 Å². The predicted molar refractivity (Wildman–Crippen MR) is 104 cm³/mol. The molecule has 3 heterocycles. The van der Waals surface area contributed by atoms with Gasteiger partial charge in [-0.05, 0) is 49.9 Å². The molecule has 0 saturated carbocycles. The minimum atomic E-state index is 0.264. The number of nitrogens with zero attached hydrogens (tertiary/aromatic N) is 3. The lowest BCUT2D eigenvalue weighted by molar-refractivity contribution is -0.136. The molecule has 1 spiro atoms. The quantitative estimate of drug-likeness (QED) is 0.845. The zero-order chi connectivity index (χ0) is 17.8. The molecule has 1 amide bonds. The van der Waals surface area contributed by atoms with Crippen LogP contribution in [0.2, 0.25) is 0 Å². The van der Waals surface area contributed by atoms with E-state index in [0.717, 1.165) is 32.6 Å². The van der Waals surface area contributed by atoms with Crippen LogP contribution in [-0.4, -0.2) is 46.5 Å². The summed E-state index contributed by atoms with van der Waals surface area (Å²) in [5, 5.41) is 0. The van der Waals surface area contributed by atoms with E-state index in [4.69, 9.17) is 0 Å². The highest BCUT2D eigenvalue weighted by molar-refractivity contribution is 5.76. The van der Waals surface area contributed by atoms with E-state index in [1.807, 2.05) is 29.1 Å². The maximum atomic E-state index is 12.8. The summed E-state index contributed by atoms with van der Waals surface area (Å²) in [5.41, 5.74) is 1.68. The third-order valence-electron chi connectivity index (χ3n) is 5.99. The molecule has 2 aromatic rings. The Kier molecular flexibility index (Phi) is 5.11. The Morgan fingerprint density at radius 3 is 2.42 bits per heavy atom. The molecule has 2 saturated heterocycles. The van der Waals surface area contributed by atoms with Crippen LogP contribution in [0.1, 0.15) is 31.2 Å². The molecule has 1 aromatic heterocycles. The van der Waals surface area contributed by atoms with Crippen molar-refractivity contribution in [1.29, 1.82) is 0 Å². The summed E-state index contributed by atoms with van der Waals surface area (Å²) < 4.78 is 1.98. The number of carbonyl (C=O) groups is 1. The Morgan fingerprint density at radius 1 is 0.923 bits per heavy atom. The molecule has 138 valence electrons. The van der Waals surface area contributed by atoms with Crippen molar-refractivity contribution in [2.75, 3.05) is 26.2 Å². The van der Waals surface area contributed by atoms with Crippen LogP contribution >= 0.6 is 0 Å². The number of aromatic nitrogens is 1. The van der Waals surface area contributed by atoms with E-state index in [1.165, 1.54) is 31.4 Å². The number of hydrogen-bond donors (Lipinski definition) is 0. The molecule has 0 radical (unpaired) electrons. The van der Waals surface area contributed by atoms with E-state index >= 15 is 0 Å². The van der Waals surface area contributed by atoms with Gasteiger partial charge in [-0.3, -0.25) is 9.69 Å². The van der Waals surface area contributed by atoms with E-state index in [1.54, 1.807) is 0 Å². The summed E-state index contributed by atoms with van der Waals surface area (Å²) in [6, 6.07) is 14.7. The SMILES string of the molecule is O=C(Cn1cccc1)N1CCCC2(CCCN(Cc3ccccc3)C2)C1. The van der Waals surface area contributed by atoms with Gasteiger partial charge in [0, 0.05) is 44.0 Å². The average molecular weight is 351 g/mol. The van der Waals surface area contributed by atoms with E-state index < -0.39 is 0 Å². The summed E-state index contributed by atoms with van der Waals surface area (Å²) >= 11 is 0. The van der Waals surface area contributed by atoms with Gasteiger partial charge in [-0.25, -0.2) is 0 Å². The lowest BCUT2D eigenvalue weighted by Crippen LogP contribution is -2.53. The highest BCUT2D eigenvalue weighted by Gasteiger charge is 2.40. The van der Waals surface area contributed by atoms with Gasteiger partial charge in [-0.15, -0.1) is 0 Å². The smallest absolute Gasteiger partial charge is 0.242 e. The van der Waals surface area contributed by atoms with Gasteiger partial charge in [0.2, 0.25) is 5.91 Å². The van der Waals surface area contributed by atoms with Crippen molar-refractivity contribution in [2.45, 2.75) is 38.8 Å². The van der Waals surface area contributed by atoms with E-state index in [2.05, 4.69) is 40.1 Å². The van der Waals surface area contributed by atoms with Crippen molar-refractivity contribution >= 4 is 5.91 Å². The first kappa shape index (κ1) is 17.3. The molecule has 4 heteroatoms. The second-order valence-electron chi connectivity index (χ2n) is 8.07. The summed E-state index contributed by atoms with van der Waals surface area (Å²) in [5.74, 6) is 0.264. The Morgan fingerprint density at radius 2 is 1.65 bits per heavy atom. The molecule has 0 aliphatic carbocycles. The van der Waals surface area contributed by atoms with Crippen LogP contribution in [0.5, 0.6) is 0 Å². The van der Waals surface area contributed by atoms with Gasteiger partial charge in [0.25, 0.3) is 0 Å². The van der Waals surface area contributed by atoms with Gasteiger partial charge in [0.15, 0.2) is 0 Å². The minimum absolute atomic E-state index is 0.264. The third-order valence-corrected chi connectivity index (χ3v) is 5.99. The molecule has 0 N–H and O–H groups in total. The van der Waals surface area contributed by atoms with Crippen LogP contribution in [0.15, 0.2) is 54.9 Å². The molecule has 0 bridgehead atoms. The fraction of sp³-hybridized carbons (Fsp3) is 0.500. The molecule has 2 aliphatic rings. The first-order chi connectivity index (χ1) is 12.7. The fourth-order valence-corrected chi connectivity index (χ4v) is 4.77. The van der Waals surface area contributed by atoms with Gasteiger partial charge >= 0.3 is 0 Å². The average Bonchev–Trinajstić information content (AvgIpc) is 3.16. The van der Waals surface area contributed by atoms with Crippen molar-refractivity contribution in [3.05, 3.63) is 60.4 Å². The molecule has 1 atom stereocenters. The minimum Gasteiger partial charge on any atom is -0.345 e. The Balaban J connectivity index is 1.39. The first-order valence-electron chi connectivity index (χ1n) is 9.87. The highest BCUT2D eigenvalue weighted by Crippen LogP contribution is 2.39. The molecule has 4 nitrogen and oxygen atoms in total. The fourth-order valence-electron chi connectivity index (χ4n) is 4.77. The molecule has 2 aliphatic heterocycles. The Labute approximate surface area is 156 Å². The van der Waals surface area contributed by atoms with E-state index in [0.29, 0.717) is 6.54 Å². The number of carbonyl (C=O) groups excluding carboxylic acids is 1. The largest absolute Gasteiger partial charge is 0.345 e. The van der Waals surface area contributed by atoms with Crippen LogP contribution in [0.4, 0.5) is 0 Å². The lowest BCUT2D eigenvalue weighted by atomic mass is 9.73. The van der Waals surface area contributed by atoms with Crippen LogP contribution < -0.4 is 0 Å². The van der Waals surface area contributed by atoms with Crippen LogP contribution in [-0.2, 0) is 17.9 Å². The van der Waals surface area contributed by atoms with Crippen LogP contribution in [0.25, 0.3) is 0 Å². The number of amides is 1. The van der Waals surface area contributed by atoms with Gasteiger partial charge in [0.1, 0.15) is 6.54 Å². The Hall–Kier alpha value is -2.07. The van der Waals surface area contributed by atoms with Gasteiger partial charge in [-0.1, -0.05) is 30.3 Å². The number of rotatable bonds is 4. The zero-order valence-corrected chi connectivity index (χ0v) is 15.5. The molecule has 1 aromatic carbocycles. The predicted octanol–water partition coefficient (Wildman–Crippen LogP) is 3.39. The lowest BCUT2D eigenvalue weighted by Gasteiger charge is -2.48. The van der Waals surface area contributed by atoms with E-state index in [-0.39, 0.29) is 11.3 Å². The van der Waals surface area contributed by atoms with Gasteiger partial charge in [-0.2, -0.15) is 0 Å². The molecule has 26 heavy (non-hydrogen) atoms. The monoisotopic (exact) mass is 351 g/mol. The first-order valence-corrected chi connectivity index (χ1v) is 9.87. The van der Waals surface area contributed by atoms with Gasteiger partial charge in [0.05, 0.1) is 0 Å². The van der Waals surface area contributed by atoms with Crippen molar-refractivity contribution in [1.82, 2.24) is 14.4 Å².